The van der Waals surface area contributed by atoms with Crippen LogP contribution in [0.2, 0.25) is 0 Å². The maximum atomic E-state index is 13.0. The largest absolute Gasteiger partial charge is 0.481 e. The lowest BCUT2D eigenvalue weighted by molar-refractivity contribution is -0.149. The van der Waals surface area contributed by atoms with E-state index in [0.717, 1.165) is 0 Å². The van der Waals surface area contributed by atoms with Crippen LogP contribution >= 0.6 is 0 Å². The average Bonchev–Trinajstić information content (AvgIpc) is 2.40. The van der Waals surface area contributed by atoms with Crippen molar-refractivity contribution < 1.29 is 19.1 Å². The Morgan fingerprint density at radius 3 is 2.45 bits per heavy atom. The van der Waals surface area contributed by atoms with E-state index in [-0.39, 0.29) is 18.9 Å². The van der Waals surface area contributed by atoms with E-state index >= 15 is 0 Å². The van der Waals surface area contributed by atoms with Gasteiger partial charge in [0.2, 0.25) is 5.91 Å². The first-order valence-corrected chi connectivity index (χ1v) is 6.68. The lowest BCUT2D eigenvalue weighted by atomic mass is 9.82. The summed E-state index contributed by atoms with van der Waals surface area (Å²) < 4.78 is 13.0. The van der Waals surface area contributed by atoms with Crippen LogP contribution in [-0.4, -0.2) is 23.5 Å². The summed E-state index contributed by atoms with van der Waals surface area (Å²) in [6.45, 7) is 3.66. The van der Waals surface area contributed by atoms with Crippen LogP contribution in [0.25, 0.3) is 0 Å². The highest BCUT2D eigenvalue weighted by Gasteiger charge is 2.35. The van der Waals surface area contributed by atoms with Gasteiger partial charge in [-0.05, 0) is 30.5 Å². The van der Waals surface area contributed by atoms with E-state index in [1.165, 1.54) is 18.2 Å². The Balaban J connectivity index is 2.61. The van der Waals surface area contributed by atoms with Crippen molar-refractivity contribution in [1.29, 1.82) is 0 Å². The van der Waals surface area contributed by atoms with Crippen molar-refractivity contribution in [2.24, 2.45) is 5.41 Å². The maximum absolute atomic E-state index is 13.0. The molecule has 0 heterocycles. The van der Waals surface area contributed by atoms with Gasteiger partial charge in [-0.2, -0.15) is 0 Å². The topological polar surface area (TPSA) is 66.4 Å². The number of amides is 1. The predicted molar refractivity (Wildman–Crippen MR) is 73.8 cm³/mol. The molecular formula is C15H20FNO3. The van der Waals surface area contributed by atoms with Crippen molar-refractivity contribution in [2.75, 3.05) is 6.54 Å². The van der Waals surface area contributed by atoms with Crippen LogP contribution in [0.5, 0.6) is 0 Å². The third-order valence-electron chi connectivity index (χ3n) is 3.68. The fourth-order valence-corrected chi connectivity index (χ4v) is 2.04. The fraction of sp³-hybridized carbons (Fsp3) is 0.467. The molecule has 0 saturated carbocycles. The Hall–Kier alpha value is -1.91. The van der Waals surface area contributed by atoms with Crippen LogP contribution in [0, 0.1) is 11.2 Å². The van der Waals surface area contributed by atoms with Gasteiger partial charge in [-0.15, -0.1) is 0 Å². The molecule has 1 aromatic rings. The first-order valence-electron chi connectivity index (χ1n) is 6.68. The van der Waals surface area contributed by atoms with Crippen molar-refractivity contribution in [3.05, 3.63) is 35.6 Å². The number of hydrogen-bond acceptors (Lipinski definition) is 2. The summed E-state index contributed by atoms with van der Waals surface area (Å²) in [6.07, 6.45) is 0.930. The van der Waals surface area contributed by atoms with Crippen LogP contribution in [0.4, 0.5) is 4.39 Å². The van der Waals surface area contributed by atoms with Crippen molar-refractivity contribution in [1.82, 2.24) is 5.32 Å². The molecule has 0 saturated heterocycles. The van der Waals surface area contributed by atoms with Crippen LogP contribution in [0.1, 0.15) is 32.3 Å². The van der Waals surface area contributed by atoms with Crippen molar-refractivity contribution in [3.8, 4) is 0 Å². The van der Waals surface area contributed by atoms with Gasteiger partial charge in [0.1, 0.15) is 5.82 Å². The van der Waals surface area contributed by atoms with Gasteiger partial charge in [0.15, 0.2) is 0 Å². The van der Waals surface area contributed by atoms with Crippen molar-refractivity contribution >= 4 is 11.9 Å². The standard InChI is InChI=1S/C15H20FNO3/c1-3-15(4-2,14(19)20)10-17-13(18)9-11-6-5-7-12(16)8-11/h5-8H,3-4,9-10H2,1-2H3,(H,17,18)(H,19,20). The van der Waals surface area contributed by atoms with Gasteiger partial charge in [0, 0.05) is 6.54 Å². The first kappa shape index (κ1) is 16.1. The minimum absolute atomic E-state index is 0.0425. The van der Waals surface area contributed by atoms with Crippen LogP contribution in [-0.2, 0) is 16.0 Å². The maximum Gasteiger partial charge on any atom is 0.311 e. The fourth-order valence-electron chi connectivity index (χ4n) is 2.04. The second-order valence-corrected chi connectivity index (χ2v) is 4.88. The van der Waals surface area contributed by atoms with Crippen LogP contribution in [0.3, 0.4) is 0 Å². The molecule has 20 heavy (non-hydrogen) atoms. The molecule has 0 radical (unpaired) electrons. The smallest absolute Gasteiger partial charge is 0.311 e. The molecule has 0 aromatic heterocycles. The Kier molecular flexibility index (Phi) is 5.67. The molecule has 0 spiro atoms. The molecule has 0 aliphatic carbocycles. The Bertz CT molecular complexity index is 484. The van der Waals surface area contributed by atoms with Gasteiger partial charge in [0.05, 0.1) is 11.8 Å². The minimum atomic E-state index is -0.933. The molecule has 0 atom stereocenters. The van der Waals surface area contributed by atoms with Gasteiger partial charge in [-0.1, -0.05) is 26.0 Å². The summed E-state index contributed by atoms with van der Waals surface area (Å²) in [6, 6.07) is 5.80. The van der Waals surface area contributed by atoms with Gasteiger partial charge in [-0.25, -0.2) is 4.39 Å². The molecule has 1 amide bonds. The zero-order chi connectivity index (χ0) is 15.2. The number of carbonyl (C=O) groups is 2. The molecule has 110 valence electrons. The summed E-state index contributed by atoms with van der Waals surface area (Å²) in [4.78, 5) is 23.1. The van der Waals surface area contributed by atoms with E-state index in [0.29, 0.717) is 18.4 Å². The molecule has 0 fully saturated rings. The normalized spacial score (nSPS) is 11.2. The van der Waals surface area contributed by atoms with Crippen LogP contribution in [0.15, 0.2) is 24.3 Å². The lowest BCUT2D eigenvalue weighted by Crippen LogP contribution is -2.42. The highest BCUT2D eigenvalue weighted by molar-refractivity contribution is 5.80. The Morgan fingerprint density at radius 1 is 1.30 bits per heavy atom. The molecule has 0 bridgehead atoms. The number of aliphatic carboxylic acids is 1. The van der Waals surface area contributed by atoms with Gasteiger partial charge >= 0.3 is 5.97 Å². The third kappa shape index (κ3) is 4.05. The number of rotatable bonds is 7. The number of carboxylic acids is 1. The number of nitrogens with one attached hydrogen (secondary N) is 1. The van der Waals surface area contributed by atoms with Crippen LogP contribution < -0.4 is 5.32 Å². The van der Waals surface area contributed by atoms with Crippen molar-refractivity contribution in [2.45, 2.75) is 33.1 Å². The second kappa shape index (κ2) is 7.03. The molecular weight excluding hydrogens is 261 g/mol. The van der Waals surface area contributed by atoms with E-state index in [2.05, 4.69) is 5.32 Å². The molecule has 0 aliphatic rings. The van der Waals surface area contributed by atoms with Gasteiger partial charge in [-0.3, -0.25) is 9.59 Å². The van der Waals surface area contributed by atoms with E-state index in [1.54, 1.807) is 19.9 Å². The third-order valence-corrected chi connectivity index (χ3v) is 3.68. The summed E-state index contributed by atoms with van der Waals surface area (Å²) in [5, 5.41) is 11.9. The van der Waals surface area contributed by atoms with E-state index < -0.39 is 17.2 Å². The number of carbonyl (C=O) groups excluding carboxylic acids is 1. The monoisotopic (exact) mass is 281 g/mol. The Morgan fingerprint density at radius 2 is 1.95 bits per heavy atom. The summed E-state index contributed by atoms with van der Waals surface area (Å²) in [7, 11) is 0. The minimum Gasteiger partial charge on any atom is -0.481 e. The van der Waals surface area contributed by atoms with E-state index in [1.807, 2.05) is 0 Å². The van der Waals surface area contributed by atoms with Gasteiger partial charge < -0.3 is 10.4 Å². The number of hydrogen-bond donors (Lipinski definition) is 2. The molecule has 0 aliphatic heterocycles. The molecule has 2 N–H and O–H groups in total. The zero-order valence-electron chi connectivity index (χ0n) is 11.8. The SMILES string of the molecule is CCC(CC)(CNC(=O)Cc1cccc(F)c1)C(=O)O. The molecule has 0 unspecified atom stereocenters. The average molecular weight is 281 g/mol. The predicted octanol–water partition coefficient (Wildman–Crippen LogP) is 2.38. The summed E-state index contributed by atoms with van der Waals surface area (Å²) in [5.74, 6) is -1.60. The number of carboxylic acid groups (broad SMARTS) is 1. The molecule has 1 rings (SSSR count). The zero-order valence-corrected chi connectivity index (χ0v) is 11.8. The number of halogens is 1. The second-order valence-electron chi connectivity index (χ2n) is 4.88. The molecule has 1 aromatic carbocycles. The Labute approximate surface area is 118 Å². The van der Waals surface area contributed by atoms with Crippen molar-refractivity contribution in [3.63, 3.8) is 0 Å². The highest BCUT2D eigenvalue weighted by atomic mass is 19.1. The quantitative estimate of drug-likeness (QED) is 0.806. The summed E-state index contributed by atoms with van der Waals surface area (Å²) >= 11 is 0. The first-order chi connectivity index (χ1) is 9.43. The summed E-state index contributed by atoms with van der Waals surface area (Å²) in [5.41, 5.74) is -0.367. The molecule has 5 heteroatoms. The highest BCUT2D eigenvalue weighted by Crippen LogP contribution is 2.25. The number of benzene rings is 1. The molecule has 4 nitrogen and oxygen atoms in total. The van der Waals surface area contributed by atoms with E-state index in [4.69, 9.17) is 0 Å². The lowest BCUT2D eigenvalue weighted by Gasteiger charge is -2.26. The van der Waals surface area contributed by atoms with Gasteiger partial charge in [0.25, 0.3) is 0 Å². The van der Waals surface area contributed by atoms with E-state index in [9.17, 15) is 19.1 Å².